The van der Waals surface area contributed by atoms with Gasteiger partial charge in [0, 0.05) is 44.2 Å². The lowest BCUT2D eigenvalue weighted by Gasteiger charge is -2.27. The van der Waals surface area contributed by atoms with Crippen LogP contribution in [-0.2, 0) is 0 Å². The molecule has 2 aromatic heterocycles. The van der Waals surface area contributed by atoms with E-state index in [-0.39, 0.29) is 0 Å². The van der Waals surface area contributed by atoms with Crippen molar-refractivity contribution in [1.82, 2.24) is 9.13 Å². The molecule has 0 spiro atoms. The second-order valence-electron chi connectivity index (χ2n) is 17.3. The Balaban J connectivity index is 0.989. The van der Waals surface area contributed by atoms with Gasteiger partial charge in [-0.15, -0.1) is 0 Å². The van der Waals surface area contributed by atoms with Gasteiger partial charge in [0.1, 0.15) is 0 Å². The molecule has 314 valence electrons. The minimum Gasteiger partial charge on any atom is -0.310 e. The smallest absolute Gasteiger partial charge is 0.0562 e. The Morgan fingerprint density at radius 3 is 1.34 bits per heavy atom. The van der Waals surface area contributed by atoms with Crippen molar-refractivity contribution in [3.05, 3.63) is 261 Å². The number of para-hydroxylation sites is 5. The third-order valence-corrected chi connectivity index (χ3v) is 13.5. The van der Waals surface area contributed by atoms with Gasteiger partial charge in [-0.2, -0.15) is 0 Å². The van der Waals surface area contributed by atoms with Crippen LogP contribution in [0.2, 0.25) is 0 Å². The molecular formula is C64H43N3. The molecule has 2 heterocycles. The molecule has 0 N–H and O–H groups in total. The van der Waals surface area contributed by atoms with Gasteiger partial charge in [-0.1, -0.05) is 188 Å². The Morgan fingerprint density at radius 2 is 0.716 bits per heavy atom. The van der Waals surface area contributed by atoms with E-state index in [1.807, 2.05) is 0 Å². The summed E-state index contributed by atoms with van der Waals surface area (Å²) in [6.07, 6.45) is 0. The highest BCUT2D eigenvalue weighted by atomic mass is 15.1. The third kappa shape index (κ3) is 6.35. The van der Waals surface area contributed by atoms with Crippen LogP contribution in [0.3, 0.4) is 0 Å². The van der Waals surface area contributed by atoms with E-state index in [0.29, 0.717) is 0 Å². The first-order chi connectivity index (χ1) is 33.3. The Kier molecular flexibility index (Phi) is 9.17. The number of nitrogens with zero attached hydrogens (tertiary/aromatic N) is 3. The predicted octanol–water partition coefficient (Wildman–Crippen LogP) is 17.5. The van der Waals surface area contributed by atoms with Crippen LogP contribution in [0.4, 0.5) is 17.1 Å². The van der Waals surface area contributed by atoms with E-state index in [9.17, 15) is 0 Å². The van der Waals surface area contributed by atoms with Crippen LogP contribution in [0, 0.1) is 0 Å². The summed E-state index contributed by atoms with van der Waals surface area (Å²) in [5.74, 6) is 0. The molecule has 0 aliphatic rings. The minimum absolute atomic E-state index is 1.08. The predicted molar refractivity (Wildman–Crippen MR) is 284 cm³/mol. The molecule has 0 atom stereocenters. The molecule has 0 radical (unpaired) electrons. The Morgan fingerprint density at radius 1 is 0.269 bits per heavy atom. The first-order valence-corrected chi connectivity index (χ1v) is 23.0. The van der Waals surface area contributed by atoms with E-state index in [4.69, 9.17) is 0 Å². The number of anilines is 3. The second kappa shape index (κ2) is 16.0. The molecular weight excluding hydrogens is 811 g/mol. The molecule has 0 saturated carbocycles. The molecule has 0 unspecified atom stereocenters. The van der Waals surface area contributed by atoms with E-state index in [2.05, 4.69) is 275 Å². The van der Waals surface area contributed by atoms with Crippen molar-refractivity contribution in [2.75, 3.05) is 4.90 Å². The number of rotatable bonds is 8. The lowest BCUT2D eigenvalue weighted by atomic mass is 9.91. The zero-order chi connectivity index (χ0) is 44.3. The molecule has 0 aliphatic carbocycles. The van der Waals surface area contributed by atoms with Gasteiger partial charge in [-0.05, 0) is 111 Å². The average molecular weight is 854 g/mol. The van der Waals surface area contributed by atoms with E-state index < -0.39 is 0 Å². The summed E-state index contributed by atoms with van der Waals surface area (Å²) in [6, 6.07) is 94.9. The number of fused-ring (bicyclic) bond motifs is 7. The summed E-state index contributed by atoms with van der Waals surface area (Å²) in [5.41, 5.74) is 17.5. The zero-order valence-corrected chi connectivity index (χ0v) is 36.7. The second-order valence-corrected chi connectivity index (χ2v) is 17.3. The Labute approximate surface area is 389 Å². The molecule has 13 aromatic rings. The van der Waals surface area contributed by atoms with Crippen LogP contribution in [0.25, 0.3) is 99.1 Å². The largest absolute Gasteiger partial charge is 0.310 e. The van der Waals surface area contributed by atoms with E-state index in [1.54, 1.807) is 0 Å². The highest BCUT2D eigenvalue weighted by Gasteiger charge is 2.22. The summed E-state index contributed by atoms with van der Waals surface area (Å²) in [5, 5.41) is 7.41. The van der Waals surface area contributed by atoms with Crippen molar-refractivity contribution in [1.29, 1.82) is 0 Å². The summed E-state index contributed by atoms with van der Waals surface area (Å²) in [6.45, 7) is 0. The molecule has 3 heteroatoms. The van der Waals surface area contributed by atoms with Gasteiger partial charge in [0.25, 0.3) is 0 Å². The standard InChI is InChI=1S/C64H43N3/c1-3-18-44(19-4-1)52-28-15-20-47-21-16-29-53(63(47)52)46-38-42-50(43-39-46)65(61-34-17-35-62-64(61)56-27-10-14-33-60(56)66(62)48-22-5-2-6-23-48)49-40-36-45(37-41-49)51-24-7-11-30-57(51)67-58-31-12-8-25-54(58)55-26-9-13-32-59(55)67/h1-43H. The fraction of sp³-hybridized carbons (Fsp3) is 0. The quantitative estimate of drug-likeness (QED) is 0.148. The normalized spacial score (nSPS) is 11.6. The fourth-order valence-electron chi connectivity index (χ4n) is 10.6. The van der Waals surface area contributed by atoms with Crippen molar-refractivity contribution < 1.29 is 0 Å². The van der Waals surface area contributed by atoms with Crippen LogP contribution in [0.1, 0.15) is 0 Å². The maximum absolute atomic E-state index is 2.44. The molecule has 67 heavy (non-hydrogen) atoms. The van der Waals surface area contributed by atoms with Gasteiger partial charge in [-0.25, -0.2) is 0 Å². The van der Waals surface area contributed by atoms with Gasteiger partial charge in [0.2, 0.25) is 0 Å². The molecule has 0 saturated heterocycles. The number of hydrogen-bond acceptors (Lipinski definition) is 1. The van der Waals surface area contributed by atoms with Gasteiger partial charge in [-0.3, -0.25) is 0 Å². The van der Waals surface area contributed by atoms with Gasteiger partial charge in [0.05, 0.1) is 33.4 Å². The molecule has 0 bridgehead atoms. The zero-order valence-electron chi connectivity index (χ0n) is 36.7. The summed E-state index contributed by atoms with van der Waals surface area (Å²) >= 11 is 0. The van der Waals surface area contributed by atoms with E-state index >= 15 is 0 Å². The first kappa shape index (κ1) is 38.5. The van der Waals surface area contributed by atoms with Crippen LogP contribution < -0.4 is 4.90 Å². The van der Waals surface area contributed by atoms with E-state index in [0.717, 1.165) is 39.5 Å². The summed E-state index contributed by atoms with van der Waals surface area (Å²) in [7, 11) is 0. The maximum atomic E-state index is 2.44. The van der Waals surface area contributed by atoms with Crippen LogP contribution >= 0.6 is 0 Å². The Hall–Kier alpha value is -8.92. The number of benzene rings is 11. The average Bonchev–Trinajstić information content (AvgIpc) is 3.93. The molecule has 13 rings (SSSR count). The molecule has 11 aromatic carbocycles. The van der Waals surface area contributed by atoms with Crippen molar-refractivity contribution in [2.24, 2.45) is 0 Å². The summed E-state index contributed by atoms with van der Waals surface area (Å²) in [4.78, 5) is 2.44. The SMILES string of the molecule is c1ccc(-c2cccc3cccc(-c4ccc(N(c5ccc(-c6ccccc6-n6c7ccccc7c7ccccc76)cc5)c5cccc6c5c5ccccc5n6-c5ccccc5)cc4)c23)cc1. The highest BCUT2D eigenvalue weighted by Crippen LogP contribution is 2.46. The molecule has 0 aliphatic heterocycles. The molecule has 0 amide bonds. The maximum Gasteiger partial charge on any atom is 0.0562 e. The number of aromatic nitrogens is 2. The van der Waals surface area contributed by atoms with Crippen molar-refractivity contribution in [2.45, 2.75) is 0 Å². The van der Waals surface area contributed by atoms with Crippen molar-refractivity contribution in [3.8, 4) is 44.8 Å². The monoisotopic (exact) mass is 853 g/mol. The van der Waals surface area contributed by atoms with Crippen LogP contribution in [-0.4, -0.2) is 9.13 Å². The first-order valence-electron chi connectivity index (χ1n) is 23.0. The van der Waals surface area contributed by atoms with Gasteiger partial charge in [0.15, 0.2) is 0 Å². The fourth-order valence-corrected chi connectivity index (χ4v) is 10.6. The molecule has 0 fully saturated rings. The van der Waals surface area contributed by atoms with Crippen LogP contribution in [0.15, 0.2) is 261 Å². The highest BCUT2D eigenvalue weighted by molar-refractivity contribution is 6.17. The number of hydrogen-bond donors (Lipinski definition) is 0. The lowest BCUT2D eigenvalue weighted by molar-refractivity contribution is 1.18. The minimum atomic E-state index is 1.08. The van der Waals surface area contributed by atoms with Gasteiger partial charge < -0.3 is 14.0 Å². The third-order valence-electron chi connectivity index (χ3n) is 13.5. The van der Waals surface area contributed by atoms with Crippen LogP contribution in [0.5, 0.6) is 0 Å². The van der Waals surface area contributed by atoms with Crippen molar-refractivity contribution in [3.63, 3.8) is 0 Å². The molecule has 3 nitrogen and oxygen atoms in total. The Bertz CT molecular complexity index is 3900. The van der Waals surface area contributed by atoms with E-state index in [1.165, 1.54) is 76.7 Å². The van der Waals surface area contributed by atoms with Gasteiger partial charge >= 0.3 is 0 Å². The lowest BCUT2D eigenvalue weighted by Crippen LogP contribution is -2.10. The summed E-state index contributed by atoms with van der Waals surface area (Å²) < 4.78 is 4.82. The topological polar surface area (TPSA) is 13.1 Å². The van der Waals surface area contributed by atoms with Crippen molar-refractivity contribution >= 4 is 71.4 Å².